The van der Waals surface area contributed by atoms with Crippen molar-refractivity contribution in [2.24, 2.45) is 4.99 Å². The molecule has 1 aromatic carbocycles. The van der Waals surface area contributed by atoms with Crippen LogP contribution in [0.2, 0.25) is 0 Å². The zero-order valence-corrected chi connectivity index (χ0v) is 12.2. The third-order valence-electron chi connectivity index (χ3n) is 4.41. The first-order valence-electron chi connectivity index (χ1n) is 7.31. The Kier molecular flexibility index (Phi) is 2.90. The van der Waals surface area contributed by atoms with E-state index in [9.17, 15) is 9.90 Å². The number of aliphatic imine (C=N–C) groups is 1. The molecule has 0 saturated carbocycles. The van der Waals surface area contributed by atoms with E-state index in [2.05, 4.69) is 4.99 Å². The van der Waals surface area contributed by atoms with Crippen molar-refractivity contribution in [3.05, 3.63) is 52.9 Å². The molecule has 0 saturated heterocycles. The molecule has 0 spiro atoms. The summed E-state index contributed by atoms with van der Waals surface area (Å²) in [5, 5.41) is 10.0. The summed E-state index contributed by atoms with van der Waals surface area (Å²) in [6.07, 6.45) is 3.77. The first kappa shape index (κ1) is 13.3. The number of aliphatic hydroxyl groups is 1. The van der Waals surface area contributed by atoms with Crippen LogP contribution in [-0.4, -0.2) is 36.5 Å². The Morgan fingerprint density at radius 1 is 1.32 bits per heavy atom. The van der Waals surface area contributed by atoms with Gasteiger partial charge in [0, 0.05) is 24.7 Å². The number of para-hydroxylation sites is 1. The van der Waals surface area contributed by atoms with Crippen LogP contribution in [0.1, 0.15) is 12.0 Å². The number of hydrogen-bond acceptors (Lipinski definition) is 4. The molecule has 0 radical (unpaired) electrons. The topological polar surface area (TPSA) is 62.1 Å². The number of fused-ring (bicyclic) bond motifs is 3. The molecule has 1 aliphatic carbocycles. The van der Waals surface area contributed by atoms with Crippen LogP contribution in [0.4, 0.5) is 5.69 Å². The van der Waals surface area contributed by atoms with Crippen LogP contribution < -0.4 is 4.90 Å². The van der Waals surface area contributed by atoms with Crippen molar-refractivity contribution in [1.82, 2.24) is 0 Å². The fraction of sp³-hybridized carbons (Fsp3) is 0.294. The predicted molar refractivity (Wildman–Crippen MR) is 82.7 cm³/mol. The molecule has 1 unspecified atom stereocenters. The first-order valence-corrected chi connectivity index (χ1v) is 7.31. The average molecular weight is 296 g/mol. The lowest BCUT2D eigenvalue weighted by Gasteiger charge is -2.24. The lowest BCUT2D eigenvalue weighted by Crippen LogP contribution is -2.38. The van der Waals surface area contributed by atoms with Gasteiger partial charge in [0.1, 0.15) is 11.9 Å². The summed E-state index contributed by atoms with van der Waals surface area (Å²) in [7, 11) is 1.50. The number of nitrogens with zero attached hydrogens (tertiary/aromatic N) is 2. The Labute approximate surface area is 128 Å². The highest BCUT2D eigenvalue weighted by Crippen LogP contribution is 2.37. The lowest BCUT2D eigenvalue weighted by atomic mass is 9.98. The van der Waals surface area contributed by atoms with Crippen molar-refractivity contribution in [1.29, 1.82) is 0 Å². The molecule has 1 N–H and O–H groups in total. The molecule has 0 fully saturated rings. The zero-order chi connectivity index (χ0) is 15.3. The highest BCUT2D eigenvalue weighted by Gasteiger charge is 2.38. The second kappa shape index (κ2) is 4.81. The Morgan fingerprint density at radius 2 is 2.14 bits per heavy atom. The third-order valence-corrected chi connectivity index (χ3v) is 4.41. The highest BCUT2D eigenvalue weighted by atomic mass is 16.5. The van der Waals surface area contributed by atoms with E-state index in [1.807, 2.05) is 30.5 Å². The largest absolute Gasteiger partial charge is 0.498 e. The molecular formula is C17H16N2O3. The molecule has 5 nitrogen and oxygen atoms in total. The molecular weight excluding hydrogens is 280 g/mol. The van der Waals surface area contributed by atoms with Crippen LogP contribution in [-0.2, 0) is 16.0 Å². The van der Waals surface area contributed by atoms with Crippen molar-refractivity contribution in [2.75, 3.05) is 12.0 Å². The van der Waals surface area contributed by atoms with E-state index >= 15 is 0 Å². The van der Waals surface area contributed by atoms with E-state index in [0.717, 1.165) is 17.7 Å². The van der Waals surface area contributed by atoms with Crippen LogP contribution in [0, 0.1) is 0 Å². The van der Waals surface area contributed by atoms with Crippen LogP contribution >= 0.6 is 0 Å². The van der Waals surface area contributed by atoms with Crippen molar-refractivity contribution >= 4 is 17.8 Å². The van der Waals surface area contributed by atoms with E-state index in [1.165, 1.54) is 7.11 Å². The van der Waals surface area contributed by atoms with E-state index in [1.54, 1.807) is 11.0 Å². The van der Waals surface area contributed by atoms with Crippen molar-refractivity contribution in [2.45, 2.75) is 25.0 Å². The van der Waals surface area contributed by atoms with E-state index < -0.39 is 6.10 Å². The Bertz CT molecular complexity index is 748. The summed E-state index contributed by atoms with van der Waals surface area (Å²) >= 11 is 0. The van der Waals surface area contributed by atoms with Gasteiger partial charge < -0.3 is 9.84 Å². The number of rotatable bonds is 1. The fourth-order valence-corrected chi connectivity index (χ4v) is 3.32. The summed E-state index contributed by atoms with van der Waals surface area (Å²) in [4.78, 5) is 19.3. The summed E-state index contributed by atoms with van der Waals surface area (Å²) in [5.74, 6) is 0.331. The van der Waals surface area contributed by atoms with Gasteiger partial charge in [-0.25, -0.2) is 0 Å². The van der Waals surface area contributed by atoms with Gasteiger partial charge in [0.05, 0.1) is 24.4 Å². The monoisotopic (exact) mass is 296 g/mol. The summed E-state index contributed by atoms with van der Waals surface area (Å²) in [6, 6.07) is 7.86. The second-order valence-corrected chi connectivity index (χ2v) is 5.68. The smallest absolute Gasteiger partial charge is 0.260 e. The minimum Gasteiger partial charge on any atom is -0.498 e. The van der Waals surface area contributed by atoms with Gasteiger partial charge in [0.15, 0.2) is 0 Å². The summed E-state index contributed by atoms with van der Waals surface area (Å²) < 4.78 is 5.18. The number of amides is 1. The fourth-order valence-electron chi connectivity index (χ4n) is 3.32. The van der Waals surface area contributed by atoms with Crippen LogP contribution in [0.25, 0.3) is 0 Å². The van der Waals surface area contributed by atoms with Crippen LogP contribution in [0.5, 0.6) is 0 Å². The highest BCUT2D eigenvalue weighted by molar-refractivity contribution is 6.13. The quantitative estimate of drug-likeness (QED) is 0.856. The lowest BCUT2D eigenvalue weighted by molar-refractivity contribution is -0.115. The molecule has 2 heterocycles. The first-order chi connectivity index (χ1) is 10.7. The average Bonchev–Trinajstić information content (AvgIpc) is 2.84. The molecule has 2 aliphatic heterocycles. The maximum absolute atomic E-state index is 13.0. The summed E-state index contributed by atoms with van der Waals surface area (Å²) in [6.45, 7) is 0. The maximum Gasteiger partial charge on any atom is 0.260 e. The SMILES string of the molecule is COC1=CC2=C(CC1O)N=C[C@@H]1Cc3ccccc3N1C2=O. The molecule has 112 valence electrons. The Morgan fingerprint density at radius 3 is 2.95 bits per heavy atom. The minimum absolute atomic E-state index is 0.0629. The van der Waals surface area contributed by atoms with Gasteiger partial charge in [-0.15, -0.1) is 0 Å². The molecule has 0 bridgehead atoms. The Balaban J connectivity index is 1.81. The molecule has 4 rings (SSSR count). The van der Waals surface area contributed by atoms with Gasteiger partial charge in [-0.05, 0) is 17.7 Å². The number of methoxy groups -OCH3 is 1. The zero-order valence-electron chi connectivity index (χ0n) is 12.2. The number of ether oxygens (including phenoxy) is 1. The van der Waals surface area contributed by atoms with Crippen molar-refractivity contribution in [3.8, 4) is 0 Å². The van der Waals surface area contributed by atoms with Crippen molar-refractivity contribution < 1.29 is 14.6 Å². The molecule has 5 heteroatoms. The van der Waals surface area contributed by atoms with Crippen LogP contribution in [0.15, 0.2) is 52.4 Å². The van der Waals surface area contributed by atoms with Gasteiger partial charge in [0.25, 0.3) is 5.91 Å². The van der Waals surface area contributed by atoms with Gasteiger partial charge in [-0.2, -0.15) is 0 Å². The van der Waals surface area contributed by atoms with E-state index in [0.29, 0.717) is 23.5 Å². The molecule has 3 aliphatic rings. The third kappa shape index (κ3) is 1.82. The number of anilines is 1. The predicted octanol–water partition coefficient (Wildman–Crippen LogP) is 1.58. The van der Waals surface area contributed by atoms with Crippen LogP contribution in [0.3, 0.4) is 0 Å². The maximum atomic E-state index is 13.0. The number of carbonyl (C=O) groups is 1. The normalized spacial score (nSPS) is 26.2. The van der Waals surface area contributed by atoms with Gasteiger partial charge in [0.2, 0.25) is 0 Å². The number of aliphatic hydroxyl groups excluding tert-OH is 1. The number of hydrogen-bond donors (Lipinski definition) is 1. The standard InChI is InChI=1S/C17H16N2O3/c1-22-16-7-12-13(8-15(16)20)18-9-11-6-10-4-2-3-5-14(10)19(11)17(12)21/h2-5,7,9,11,15,20H,6,8H2,1H3/t11-,15?/m0/s1. The molecule has 1 amide bonds. The van der Waals surface area contributed by atoms with Gasteiger partial charge in [-0.1, -0.05) is 18.2 Å². The minimum atomic E-state index is -0.742. The molecule has 2 atom stereocenters. The molecule has 0 aromatic heterocycles. The second-order valence-electron chi connectivity index (χ2n) is 5.68. The number of benzene rings is 1. The molecule has 1 aromatic rings. The van der Waals surface area contributed by atoms with E-state index in [-0.39, 0.29) is 11.9 Å². The van der Waals surface area contributed by atoms with Crippen molar-refractivity contribution in [3.63, 3.8) is 0 Å². The summed E-state index contributed by atoms with van der Waals surface area (Å²) in [5.41, 5.74) is 3.24. The number of carbonyl (C=O) groups excluding carboxylic acids is 1. The van der Waals surface area contributed by atoms with Gasteiger partial charge in [-0.3, -0.25) is 14.7 Å². The van der Waals surface area contributed by atoms with Gasteiger partial charge >= 0.3 is 0 Å². The van der Waals surface area contributed by atoms with E-state index in [4.69, 9.17) is 4.74 Å². The molecule has 22 heavy (non-hydrogen) atoms. The Hall–Kier alpha value is -2.40.